The minimum absolute atomic E-state index is 0.104. The van der Waals surface area contributed by atoms with Gasteiger partial charge in [0.05, 0.1) is 11.2 Å². The standard InChI is InChI=1S/C10H19NO4S/c1-3-10(9(12)13)4-5-11(8-10)6-7-16(2,14)15/h3-8H2,1-2H3,(H,12,13). The maximum Gasteiger partial charge on any atom is 0.310 e. The molecule has 5 nitrogen and oxygen atoms in total. The Morgan fingerprint density at radius 1 is 1.50 bits per heavy atom. The van der Waals surface area contributed by atoms with Crippen molar-refractivity contribution in [1.29, 1.82) is 0 Å². The number of nitrogens with zero attached hydrogens (tertiary/aromatic N) is 1. The van der Waals surface area contributed by atoms with Crippen LogP contribution < -0.4 is 0 Å². The molecule has 0 amide bonds. The lowest BCUT2D eigenvalue weighted by Crippen LogP contribution is -2.35. The highest BCUT2D eigenvalue weighted by Crippen LogP contribution is 2.33. The molecular weight excluding hydrogens is 230 g/mol. The molecule has 1 aliphatic rings. The summed E-state index contributed by atoms with van der Waals surface area (Å²) in [5.74, 6) is -0.663. The molecule has 1 N–H and O–H groups in total. The van der Waals surface area contributed by atoms with Crippen molar-refractivity contribution in [1.82, 2.24) is 4.90 Å². The van der Waals surface area contributed by atoms with Crippen LogP contribution in [0, 0.1) is 5.41 Å². The van der Waals surface area contributed by atoms with Crippen molar-refractivity contribution >= 4 is 15.8 Å². The Bertz CT molecular complexity index is 365. The summed E-state index contributed by atoms with van der Waals surface area (Å²) in [4.78, 5) is 13.1. The average Bonchev–Trinajstić information content (AvgIpc) is 2.58. The summed E-state index contributed by atoms with van der Waals surface area (Å²) in [5.41, 5.74) is -0.669. The SMILES string of the molecule is CCC1(C(=O)O)CCN(CCS(C)(=O)=O)C1. The predicted molar refractivity (Wildman–Crippen MR) is 61.1 cm³/mol. The molecule has 1 saturated heterocycles. The smallest absolute Gasteiger partial charge is 0.310 e. The summed E-state index contributed by atoms with van der Waals surface area (Å²) in [6.45, 7) is 3.45. The molecule has 0 aromatic rings. The van der Waals surface area contributed by atoms with E-state index in [1.807, 2.05) is 11.8 Å². The highest BCUT2D eigenvalue weighted by atomic mass is 32.2. The van der Waals surface area contributed by atoms with Crippen molar-refractivity contribution in [3.8, 4) is 0 Å². The van der Waals surface area contributed by atoms with Crippen LogP contribution in [0.3, 0.4) is 0 Å². The molecule has 0 saturated carbocycles. The van der Waals surface area contributed by atoms with E-state index in [-0.39, 0.29) is 5.75 Å². The average molecular weight is 249 g/mol. The van der Waals surface area contributed by atoms with Gasteiger partial charge in [0.25, 0.3) is 0 Å². The van der Waals surface area contributed by atoms with E-state index < -0.39 is 21.2 Å². The van der Waals surface area contributed by atoms with Crippen molar-refractivity contribution in [3.05, 3.63) is 0 Å². The number of carbonyl (C=O) groups is 1. The number of aliphatic carboxylic acids is 1. The molecule has 1 fully saturated rings. The number of sulfone groups is 1. The Kier molecular flexibility index (Phi) is 3.96. The maximum absolute atomic E-state index is 11.2. The fraction of sp³-hybridized carbons (Fsp3) is 0.900. The van der Waals surface area contributed by atoms with E-state index in [1.165, 1.54) is 6.26 Å². The number of rotatable bonds is 5. The largest absolute Gasteiger partial charge is 0.481 e. The summed E-state index contributed by atoms with van der Waals surface area (Å²) in [6, 6.07) is 0. The number of hydrogen-bond donors (Lipinski definition) is 1. The van der Waals surface area contributed by atoms with Crippen LogP contribution in [0.25, 0.3) is 0 Å². The van der Waals surface area contributed by atoms with Gasteiger partial charge in [-0.1, -0.05) is 6.92 Å². The van der Waals surface area contributed by atoms with E-state index in [0.29, 0.717) is 32.5 Å². The fourth-order valence-electron chi connectivity index (χ4n) is 2.06. The highest BCUT2D eigenvalue weighted by Gasteiger charge is 2.43. The van der Waals surface area contributed by atoms with E-state index in [0.717, 1.165) is 0 Å². The molecule has 0 bridgehead atoms. The lowest BCUT2D eigenvalue weighted by Gasteiger charge is -2.22. The van der Waals surface area contributed by atoms with Gasteiger partial charge in [-0.15, -0.1) is 0 Å². The van der Waals surface area contributed by atoms with Crippen molar-refractivity contribution in [2.24, 2.45) is 5.41 Å². The van der Waals surface area contributed by atoms with Crippen LogP contribution in [0.1, 0.15) is 19.8 Å². The van der Waals surface area contributed by atoms with Gasteiger partial charge in [-0.3, -0.25) is 4.79 Å². The second kappa shape index (κ2) is 4.71. The predicted octanol–water partition coefficient (Wildman–Crippen LogP) is 0.218. The first kappa shape index (κ1) is 13.4. The van der Waals surface area contributed by atoms with Crippen LogP contribution in [0.5, 0.6) is 0 Å². The molecule has 0 aromatic heterocycles. The zero-order chi connectivity index (χ0) is 12.4. The van der Waals surface area contributed by atoms with Crippen molar-refractivity contribution in [2.75, 3.05) is 31.6 Å². The molecule has 0 aliphatic carbocycles. The molecule has 0 spiro atoms. The molecule has 1 heterocycles. The molecule has 0 aromatic carbocycles. The van der Waals surface area contributed by atoms with Crippen LogP contribution in [-0.2, 0) is 14.6 Å². The van der Waals surface area contributed by atoms with Crippen molar-refractivity contribution in [3.63, 3.8) is 0 Å². The highest BCUT2D eigenvalue weighted by molar-refractivity contribution is 7.90. The summed E-state index contributed by atoms with van der Waals surface area (Å²) >= 11 is 0. The number of carboxylic acids is 1. The minimum Gasteiger partial charge on any atom is -0.481 e. The zero-order valence-electron chi connectivity index (χ0n) is 9.77. The molecule has 1 atom stereocenters. The monoisotopic (exact) mass is 249 g/mol. The summed E-state index contributed by atoms with van der Waals surface area (Å²) < 4.78 is 22.0. The summed E-state index contributed by atoms with van der Waals surface area (Å²) in [7, 11) is -2.96. The Morgan fingerprint density at radius 2 is 2.12 bits per heavy atom. The first-order valence-corrected chi connectivity index (χ1v) is 7.48. The minimum atomic E-state index is -2.96. The van der Waals surface area contributed by atoms with Gasteiger partial charge < -0.3 is 10.0 Å². The third kappa shape index (κ3) is 3.18. The molecular formula is C10H19NO4S. The molecule has 1 unspecified atom stereocenters. The topological polar surface area (TPSA) is 74.7 Å². The van der Waals surface area contributed by atoms with E-state index in [2.05, 4.69) is 0 Å². The fourth-order valence-corrected chi connectivity index (χ4v) is 2.65. The first-order chi connectivity index (χ1) is 7.29. The quantitative estimate of drug-likeness (QED) is 0.754. The molecule has 0 radical (unpaired) electrons. The Labute approximate surface area is 96.4 Å². The van der Waals surface area contributed by atoms with Gasteiger partial charge in [-0.25, -0.2) is 8.42 Å². The second-order valence-electron chi connectivity index (χ2n) is 4.60. The lowest BCUT2D eigenvalue weighted by atomic mass is 9.84. The summed E-state index contributed by atoms with van der Waals surface area (Å²) in [6.07, 6.45) is 2.41. The van der Waals surface area contributed by atoms with E-state index in [1.54, 1.807) is 0 Å². The van der Waals surface area contributed by atoms with Crippen LogP contribution in [0.4, 0.5) is 0 Å². The zero-order valence-corrected chi connectivity index (χ0v) is 10.6. The van der Waals surface area contributed by atoms with Gasteiger partial charge in [0, 0.05) is 19.3 Å². The van der Waals surface area contributed by atoms with Gasteiger partial charge in [0.1, 0.15) is 9.84 Å². The van der Waals surface area contributed by atoms with Gasteiger partial charge in [-0.2, -0.15) is 0 Å². The number of likely N-dealkylation sites (tertiary alicyclic amines) is 1. The lowest BCUT2D eigenvalue weighted by molar-refractivity contribution is -0.148. The summed E-state index contributed by atoms with van der Waals surface area (Å²) in [5, 5.41) is 9.16. The van der Waals surface area contributed by atoms with E-state index in [9.17, 15) is 13.2 Å². The molecule has 6 heteroatoms. The number of carboxylic acid groups (broad SMARTS) is 1. The Balaban J connectivity index is 2.55. The van der Waals surface area contributed by atoms with E-state index >= 15 is 0 Å². The Morgan fingerprint density at radius 3 is 2.50 bits per heavy atom. The van der Waals surface area contributed by atoms with Gasteiger partial charge in [0.2, 0.25) is 0 Å². The molecule has 1 rings (SSSR count). The Hall–Kier alpha value is -0.620. The van der Waals surface area contributed by atoms with Crippen LogP contribution in [0.2, 0.25) is 0 Å². The normalized spacial score (nSPS) is 27.1. The van der Waals surface area contributed by atoms with Gasteiger partial charge >= 0.3 is 5.97 Å². The number of hydrogen-bond acceptors (Lipinski definition) is 4. The van der Waals surface area contributed by atoms with Crippen molar-refractivity contribution in [2.45, 2.75) is 19.8 Å². The van der Waals surface area contributed by atoms with Gasteiger partial charge in [0.15, 0.2) is 0 Å². The van der Waals surface area contributed by atoms with Crippen LogP contribution in [-0.4, -0.2) is 56.0 Å². The van der Waals surface area contributed by atoms with Crippen LogP contribution >= 0.6 is 0 Å². The van der Waals surface area contributed by atoms with E-state index in [4.69, 9.17) is 5.11 Å². The molecule has 94 valence electrons. The molecule has 16 heavy (non-hydrogen) atoms. The second-order valence-corrected chi connectivity index (χ2v) is 6.85. The third-order valence-corrected chi connectivity index (χ3v) is 4.27. The third-order valence-electron chi connectivity index (χ3n) is 3.34. The van der Waals surface area contributed by atoms with Crippen molar-refractivity contribution < 1.29 is 18.3 Å². The first-order valence-electron chi connectivity index (χ1n) is 5.42. The maximum atomic E-state index is 11.2. The van der Waals surface area contributed by atoms with Crippen LogP contribution in [0.15, 0.2) is 0 Å². The molecule has 1 aliphatic heterocycles. The van der Waals surface area contributed by atoms with Gasteiger partial charge in [-0.05, 0) is 19.4 Å².